The molecule has 2 N–H and O–H groups in total. The Morgan fingerprint density at radius 1 is 1.21 bits per heavy atom. The van der Waals surface area contributed by atoms with E-state index in [2.05, 4.69) is 10.6 Å². The van der Waals surface area contributed by atoms with Crippen LogP contribution in [0, 0.1) is 17.6 Å². The quantitative estimate of drug-likeness (QED) is 0.725. The van der Waals surface area contributed by atoms with Crippen LogP contribution in [0.3, 0.4) is 0 Å². The van der Waals surface area contributed by atoms with Crippen LogP contribution in [0.25, 0.3) is 0 Å². The highest BCUT2D eigenvalue weighted by Gasteiger charge is 2.25. The van der Waals surface area contributed by atoms with Crippen molar-refractivity contribution in [3.63, 3.8) is 0 Å². The van der Waals surface area contributed by atoms with Gasteiger partial charge in [0.1, 0.15) is 5.82 Å². The van der Waals surface area contributed by atoms with Gasteiger partial charge in [0.2, 0.25) is 0 Å². The molecule has 4 heteroatoms. The van der Waals surface area contributed by atoms with Gasteiger partial charge in [-0.25, -0.2) is 8.78 Å². The monoisotopic (exact) mass is 198 g/mol. The van der Waals surface area contributed by atoms with Crippen molar-refractivity contribution in [2.24, 2.45) is 5.92 Å². The van der Waals surface area contributed by atoms with E-state index < -0.39 is 11.6 Å². The number of nitrogens with one attached hydrogen (secondary N) is 2. The fraction of sp³-hybridized carbons (Fsp3) is 0.400. The highest BCUT2D eigenvalue weighted by molar-refractivity contribution is 5.75. The number of halogens is 2. The first-order chi connectivity index (χ1) is 6.58. The maximum atomic E-state index is 13.2. The second kappa shape index (κ2) is 3.12. The Bertz CT molecular complexity index is 363. The van der Waals surface area contributed by atoms with E-state index in [1.807, 2.05) is 13.8 Å². The Morgan fingerprint density at radius 3 is 2.57 bits per heavy atom. The molecule has 2 nitrogen and oxygen atoms in total. The van der Waals surface area contributed by atoms with Crippen molar-refractivity contribution in [3.8, 4) is 0 Å². The standard InChI is InChI=1S/C10H12F2N2/c1-5(2)10-13-8-4-6(11)3-7(12)9(8)14-10/h3-5,10,13-14H,1-2H3. The summed E-state index contributed by atoms with van der Waals surface area (Å²) in [5.74, 6) is -0.791. The Kier molecular flexibility index (Phi) is 2.06. The minimum Gasteiger partial charge on any atom is -0.363 e. The van der Waals surface area contributed by atoms with Crippen LogP contribution >= 0.6 is 0 Å². The van der Waals surface area contributed by atoms with Crippen molar-refractivity contribution >= 4 is 11.4 Å². The van der Waals surface area contributed by atoms with Crippen LogP contribution in [0.2, 0.25) is 0 Å². The van der Waals surface area contributed by atoms with Crippen LogP contribution in [-0.2, 0) is 0 Å². The number of hydrogen-bond acceptors (Lipinski definition) is 2. The van der Waals surface area contributed by atoms with Crippen molar-refractivity contribution < 1.29 is 8.78 Å². The lowest BCUT2D eigenvalue weighted by atomic mass is 10.2. The highest BCUT2D eigenvalue weighted by atomic mass is 19.1. The molecule has 1 aliphatic heterocycles. The maximum absolute atomic E-state index is 13.2. The van der Waals surface area contributed by atoms with Crippen molar-refractivity contribution in [3.05, 3.63) is 23.8 Å². The van der Waals surface area contributed by atoms with Crippen LogP contribution < -0.4 is 10.6 Å². The van der Waals surface area contributed by atoms with Gasteiger partial charge in [-0.15, -0.1) is 0 Å². The number of fused-ring (bicyclic) bond motifs is 1. The molecule has 0 saturated carbocycles. The lowest BCUT2D eigenvalue weighted by molar-refractivity contribution is 0.574. The first kappa shape index (κ1) is 9.24. The average Bonchev–Trinajstić information content (AvgIpc) is 2.47. The van der Waals surface area contributed by atoms with Crippen molar-refractivity contribution in [2.75, 3.05) is 10.6 Å². The minimum atomic E-state index is -0.556. The molecule has 0 aliphatic carbocycles. The molecule has 0 fully saturated rings. The second-order valence-corrected chi connectivity index (χ2v) is 3.82. The Balaban J connectivity index is 2.35. The third-order valence-corrected chi connectivity index (χ3v) is 2.33. The van der Waals surface area contributed by atoms with Gasteiger partial charge in [0.25, 0.3) is 0 Å². The summed E-state index contributed by atoms with van der Waals surface area (Å²) in [7, 11) is 0. The van der Waals surface area contributed by atoms with Gasteiger partial charge >= 0.3 is 0 Å². The Morgan fingerprint density at radius 2 is 1.93 bits per heavy atom. The lowest BCUT2D eigenvalue weighted by Gasteiger charge is -2.15. The number of anilines is 2. The van der Waals surface area contributed by atoms with E-state index in [9.17, 15) is 8.78 Å². The van der Waals surface area contributed by atoms with E-state index in [0.717, 1.165) is 6.07 Å². The Labute approximate surface area is 81.3 Å². The van der Waals surface area contributed by atoms with Gasteiger partial charge in [0, 0.05) is 6.07 Å². The average molecular weight is 198 g/mol. The smallest absolute Gasteiger partial charge is 0.151 e. The lowest BCUT2D eigenvalue weighted by Crippen LogP contribution is -2.28. The summed E-state index contributed by atoms with van der Waals surface area (Å²) in [5.41, 5.74) is 0.867. The molecular weight excluding hydrogens is 186 g/mol. The molecular formula is C10H12F2N2. The summed E-state index contributed by atoms with van der Waals surface area (Å²) in [6.07, 6.45) is -0.0266. The molecule has 76 valence electrons. The predicted molar refractivity (Wildman–Crippen MR) is 52.2 cm³/mol. The summed E-state index contributed by atoms with van der Waals surface area (Å²) >= 11 is 0. The van der Waals surface area contributed by atoms with Gasteiger partial charge in [0.05, 0.1) is 17.5 Å². The molecule has 0 radical (unpaired) electrons. The SMILES string of the molecule is CC(C)C1Nc2cc(F)cc(F)c2N1. The topological polar surface area (TPSA) is 24.1 Å². The van der Waals surface area contributed by atoms with Gasteiger partial charge in [-0.3, -0.25) is 0 Å². The van der Waals surface area contributed by atoms with Gasteiger partial charge in [-0.05, 0) is 12.0 Å². The van der Waals surface area contributed by atoms with Gasteiger partial charge in [-0.1, -0.05) is 13.8 Å². The normalized spacial score (nSPS) is 19.1. The molecule has 1 aromatic rings. The molecule has 0 saturated heterocycles. The number of benzene rings is 1. The third kappa shape index (κ3) is 1.41. The van der Waals surface area contributed by atoms with Crippen LogP contribution in [0.5, 0.6) is 0 Å². The van der Waals surface area contributed by atoms with E-state index in [0.29, 0.717) is 17.3 Å². The zero-order valence-electron chi connectivity index (χ0n) is 8.07. The molecule has 0 spiro atoms. The molecule has 0 bridgehead atoms. The van der Waals surface area contributed by atoms with E-state index in [1.54, 1.807) is 0 Å². The zero-order chi connectivity index (χ0) is 10.3. The summed E-state index contributed by atoms with van der Waals surface area (Å²) in [6, 6.07) is 2.18. The van der Waals surface area contributed by atoms with Crippen molar-refractivity contribution in [1.82, 2.24) is 0 Å². The van der Waals surface area contributed by atoms with E-state index in [4.69, 9.17) is 0 Å². The van der Waals surface area contributed by atoms with E-state index in [-0.39, 0.29) is 6.17 Å². The molecule has 1 aliphatic rings. The highest BCUT2D eigenvalue weighted by Crippen LogP contribution is 2.34. The fourth-order valence-corrected chi connectivity index (χ4v) is 1.53. The molecule has 1 unspecified atom stereocenters. The molecule has 1 heterocycles. The zero-order valence-corrected chi connectivity index (χ0v) is 8.07. The predicted octanol–water partition coefficient (Wildman–Crippen LogP) is 2.78. The largest absolute Gasteiger partial charge is 0.363 e. The summed E-state index contributed by atoms with van der Waals surface area (Å²) in [4.78, 5) is 0. The fourth-order valence-electron chi connectivity index (χ4n) is 1.53. The van der Waals surface area contributed by atoms with Crippen molar-refractivity contribution in [1.29, 1.82) is 0 Å². The number of hydrogen-bond donors (Lipinski definition) is 2. The third-order valence-electron chi connectivity index (χ3n) is 2.33. The second-order valence-electron chi connectivity index (χ2n) is 3.82. The molecule has 0 aromatic heterocycles. The maximum Gasteiger partial charge on any atom is 0.151 e. The van der Waals surface area contributed by atoms with Crippen LogP contribution in [-0.4, -0.2) is 6.17 Å². The molecule has 2 rings (SSSR count). The minimum absolute atomic E-state index is 0.0266. The van der Waals surface area contributed by atoms with Crippen molar-refractivity contribution in [2.45, 2.75) is 20.0 Å². The van der Waals surface area contributed by atoms with Crippen LogP contribution in [0.15, 0.2) is 12.1 Å². The summed E-state index contributed by atoms with van der Waals surface area (Å²) in [6.45, 7) is 4.01. The summed E-state index contributed by atoms with van der Waals surface area (Å²) < 4.78 is 26.1. The van der Waals surface area contributed by atoms with E-state index >= 15 is 0 Å². The molecule has 1 atom stereocenters. The number of rotatable bonds is 1. The summed E-state index contributed by atoms with van der Waals surface area (Å²) in [5, 5.41) is 6.00. The van der Waals surface area contributed by atoms with Crippen LogP contribution in [0.4, 0.5) is 20.2 Å². The first-order valence-electron chi connectivity index (χ1n) is 4.60. The van der Waals surface area contributed by atoms with Gasteiger partial charge in [0.15, 0.2) is 5.82 Å². The van der Waals surface area contributed by atoms with E-state index in [1.165, 1.54) is 6.07 Å². The molecule has 0 amide bonds. The molecule has 1 aromatic carbocycles. The Hall–Kier alpha value is -1.32. The van der Waals surface area contributed by atoms with Crippen LogP contribution in [0.1, 0.15) is 13.8 Å². The first-order valence-corrected chi connectivity index (χ1v) is 4.60. The van der Waals surface area contributed by atoms with Gasteiger partial charge in [-0.2, -0.15) is 0 Å². The molecule has 14 heavy (non-hydrogen) atoms. The van der Waals surface area contributed by atoms with Gasteiger partial charge < -0.3 is 10.6 Å².